The predicted octanol–water partition coefficient (Wildman–Crippen LogP) is 1.14. The van der Waals surface area contributed by atoms with Gasteiger partial charge in [0, 0.05) is 0 Å². The Morgan fingerprint density at radius 2 is 1.85 bits per heavy atom. The average Bonchev–Trinajstić information content (AvgIpc) is 2.77. The van der Waals surface area contributed by atoms with Crippen molar-refractivity contribution in [1.29, 1.82) is 5.26 Å². The Morgan fingerprint density at radius 3 is 2.42 bits per heavy atom. The van der Waals surface area contributed by atoms with Gasteiger partial charge in [-0.1, -0.05) is 6.07 Å². The molecule has 1 heterocycles. The number of ether oxygens (including phenoxy) is 5. The molecule has 0 saturated carbocycles. The summed E-state index contributed by atoms with van der Waals surface area (Å²) in [5.41, 5.74) is 11.4. The first-order valence-electron chi connectivity index (χ1n) is 9.99. The zero-order chi connectivity index (χ0) is 24.5. The first kappa shape index (κ1) is 25.1. The number of hydrogen-bond acceptors (Lipinski definition) is 10. The summed E-state index contributed by atoms with van der Waals surface area (Å²) in [4.78, 5) is 36.1. The lowest BCUT2D eigenvalue weighted by Gasteiger charge is -2.28. The summed E-state index contributed by atoms with van der Waals surface area (Å²) in [6, 6.07) is 6.52. The van der Waals surface area contributed by atoms with E-state index in [0.717, 1.165) is 0 Å². The Labute approximate surface area is 190 Å². The number of carbonyl (C=O) groups is 3. The lowest BCUT2D eigenvalue weighted by atomic mass is 9.82. The number of methoxy groups -OCH3 is 1. The Kier molecular flexibility index (Phi) is 8.68. The fraction of sp³-hybridized carbons (Fsp3) is 0.364. The minimum atomic E-state index is -1.02. The van der Waals surface area contributed by atoms with E-state index < -0.39 is 30.2 Å². The third kappa shape index (κ3) is 5.94. The first-order valence-corrected chi connectivity index (χ1v) is 9.99. The zero-order valence-corrected chi connectivity index (χ0v) is 18.5. The molecule has 1 amide bonds. The van der Waals surface area contributed by atoms with Crippen molar-refractivity contribution in [2.45, 2.75) is 26.2 Å². The number of nitrogens with zero attached hydrogens (tertiary/aromatic N) is 1. The Hall–Kier alpha value is -4.20. The summed E-state index contributed by atoms with van der Waals surface area (Å²) in [6.07, 6.45) is -0.394. The van der Waals surface area contributed by atoms with Crippen molar-refractivity contribution in [2.24, 2.45) is 11.5 Å². The van der Waals surface area contributed by atoms with Gasteiger partial charge in [0.15, 0.2) is 18.1 Å². The molecule has 1 aliphatic heterocycles. The highest BCUT2D eigenvalue weighted by Crippen LogP contribution is 2.43. The van der Waals surface area contributed by atoms with E-state index in [4.69, 9.17) is 35.2 Å². The molecule has 1 aromatic rings. The number of nitriles is 1. The van der Waals surface area contributed by atoms with Crippen molar-refractivity contribution in [1.82, 2.24) is 0 Å². The van der Waals surface area contributed by atoms with Crippen LogP contribution in [0, 0.1) is 11.3 Å². The van der Waals surface area contributed by atoms with E-state index in [9.17, 15) is 19.6 Å². The molecule has 0 aliphatic carbocycles. The van der Waals surface area contributed by atoms with Gasteiger partial charge in [-0.2, -0.15) is 5.26 Å². The van der Waals surface area contributed by atoms with Gasteiger partial charge in [0.2, 0.25) is 5.88 Å². The van der Waals surface area contributed by atoms with E-state index in [1.165, 1.54) is 19.2 Å². The number of nitrogens with two attached hydrogens (primary N) is 2. The van der Waals surface area contributed by atoms with Gasteiger partial charge in [0.25, 0.3) is 5.91 Å². The molecule has 33 heavy (non-hydrogen) atoms. The van der Waals surface area contributed by atoms with Crippen LogP contribution in [0.1, 0.15) is 31.7 Å². The number of benzene rings is 1. The van der Waals surface area contributed by atoms with E-state index >= 15 is 0 Å². The molecule has 1 aliphatic rings. The van der Waals surface area contributed by atoms with Gasteiger partial charge >= 0.3 is 11.9 Å². The van der Waals surface area contributed by atoms with E-state index in [-0.39, 0.29) is 54.1 Å². The quantitative estimate of drug-likeness (QED) is 0.483. The fourth-order valence-electron chi connectivity index (χ4n) is 3.19. The number of allylic oxidation sites excluding steroid dienone is 1. The molecule has 0 unspecified atom stereocenters. The van der Waals surface area contributed by atoms with Crippen molar-refractivity contribution in [2.75, 3.05) is 26.9 Å². The van der Waals surface area contributed by atoms with Crippen LogP contribution in [0.25, 0.3) is 0 Å². The molecule has 0 aromatic heterocycles. The van der Waals surface area contributed by atoms with Crippen LogP contribution in [-0.2, 0) is 28.6 Å². The van der Waals surface area contributed by atoms with Crippen LogP contribution in [0.5, 0.6) is 11.5 Å². The molecule has 0 fully saturated rings. The number of primary amides is 1. The SMILES string of the molecule is CCOC(=O)CC1=C(C(=O)OCC)[C@@H](c2ccc(OCC(N)=O)c(OC)c2)C(C#N)=C(N)O1. The Balaban J connectivity index is 2.65. The van der Waals surface area contributed by atoms with E-state index in [1.807, 2.05) is 6.07 Å². The Morgan fingerprint density at radius 1 is 1.15 bits per heavy atom. The standard InChI is InChI=1S/C22H25N3O8/c1-4-30-18(27)9-16-20(22(28)31-5-2)19(13(10-23)21(25)33-16)12-6-7-14(15(8-12)29-3)32-11-17(24)26/h6-8,19H,4-5,9,11,25H2,1-3H3,(H2,24,26)/t19-/m0/s1. The number of amides is 1. The van der Waals surface area contributed by atoms with Gasteiger partial charge in [0.05, 0.1) is 31.8 Å². The number of carbonyl (C=O) groups excluding carboxylic acids is 3. The van der Waals surface area contributed by atoms with Crippen molar-refractivity contribution in [3.8, 4) is 17.6 Å². The third-order valence-corrected chi connectivity index (χ3v) is 4.49. The monoisotopic (exact) mass is 459 g/mol. The molecule has 0 spiro atoms. The first-order chi connectivity index (χ1) is 15.8. The molecule has 11 nitrogen and oxygen atoms in total. The summed E-state index contributed by atoms with van der Waals surface area (Å²) < 4.78 is 26.3. The van der Waals surface area contributed by atoms with E-state index in [2.05, 4.69) is 0 Å². The summed E-state index contributed by atoms with van der Waals surface area (Å²) in [5, 5.41) is 9.76. The fourth-order valence-corrected chi connectivity index (χ4v) is 3.19. The maximum absolute atomic E-state index is 12.9. The average molecular weight is 459 g/mol. The maximum atomic E-state index is 12.9. The van der Waals surface area contributed by atoms with Crippen LogP contribution < -0.4 is 20.9 Å². The normalized spacial score (nSPS) is 15.3. The van der Waals surface area contributed by atoms with Crippen LogP contribution in [-0.4, -0.2) is 44.8 Å². The van der Waals surface area contributed by atoms with Crippen LogP contribution in [0.3, 0.4) is 0 Å². The summed E-state index contributed by atoms with van der Waals surface area (Å²) >= 11 is 0. The predicted molar refractivity (Wildman–Crippen MR) is 113 cm³/mol. The lowest BCUT2D eigenvalue weighted by molar-refractivity contribution is -0.143. The molecule has 0 bridgehead atoms. The van der Waals surface area contributed by atoms with Crippen molar-refractivity contribution >= 4 is 17.8 Å². The number of rotatable bonds is 10. The van der Waals surface area contributed by atoms with Crippen LogP contribution in [0.15, 0.2) is 41.0 Å². The molecular weight excluding hydrogens is 434 g/mol. The van der Waals surface area contributed by atoms with E-state index in [0.29, 0.717) is 5.56 Å². The third-order valence-electron chi connectivity index (χ3n) is 4.49. The molecule has 1 aromatic carbocycles. The molecule has 4 N–H and O–H groups in total. The summed E-state index contributed by atoms with van der Waals surface area (Å²) in [7, 11) is 1.38. The molecule has 0 saturated heterocycles. The summed E-state index contributed by atoms with van der Waals surface area (Å²) in [6.45, 7) is 3.06. The topological polar surface area (TPSA) is 173 Å². The van der Waals surface area contributed by atoms with Gasteiger partial charge < -0.3 is 35.2 Å². The van der Waals surface area contributed by atoms with Crippen LogP contribution in [0.2, 0.25) is 0 Å². The minimum absolute atomic E-state index is 0.0477. The minimum Gasteiger partial charge on any atom is -0.493 e. The Bertz CT molecular complexity index is 1040. The molecule has 11 heteroatoms. The summed E-state index contributed by atoms with van der Waals surface area (Å²) in [5.74, 6) is -3.04. The number of hydrogen-bond donors (Lipinski definition) is 2. The molecule has 0 radical (unpaired) electrons. The van der Waals surface area contributed by atoms with E-state index in [1.54, 1.807) is 19.9 Å². The van der Waals surface area contributed by atoms with Crippen molar-refractivity contribution in [3.63, 3.8) is 0 Å². The van der Waals surface area contributed by atoms with Crippen LogP contribution in [0.4, 0.5) is 0 Å². The molecule has 176 valence electrons. The zero-order valence-electron chi connectivity index (χ0n) is 18.5. The largest absolute Gasteiger partial charge is 0.493 e. The van der Waals surface area contributed by atoms with Gasteiger partial charge in [-0.05, 0) is 31.5 Å². The van der Waals surface area contributed by atoms with Crippen LogP contribution >= 0.6 is 0 Å². The highest BCUT2D eigenvalue weighted by molar-refractivity contribution is 5.93. The smallest absolute Gasteiger partial charge is 0.338 e. The van der Waals surface area contributed by atoms with Gasteiger partial charge in [-0.15, -0.1) is 0 Å². The lowest BCUT2D eigenvalue weighted by Crippen LogP contribution is -2.27. The second-order valence-electron chi connectivity index (χ2n) is 6.63. The molecule has 1 atom stereocenters. The second-order valence-corrected chi connectivity index (χ2v) is 6.63. The second kappa shape index (κ2) is 11.4. The molecule has 2 rings (SSSR count). The van der Waals surface area contributed by atoms with Crippen molar-refractivity contribution in [3.05, 3.63) is 46.6 Å². The number of esters is 2. The van der Waals surface area contributed by atoms with Gasteiger partial charge in [0.1, 0.15) is 23.8 Å². The van der Waals surface area contributed by atoms with Crippen molar-refractivity contribution < 1.29 is 38.1 Å². The van der Waals surface area contributed by atoms with Gasteiger partial charge in [-0.3, -0.25) is 9.59 Å². The maximum Gasteiger partial charge on any atom is 0.338 e. The molecular formula is C22H25N3O8. The highest BCUT2D eigenvalue weighted by atomic mass is 16.5. The van der Waals surface area contributed by atoms with Gasteiger partial charge in [-0.25, -0.2) is 4.79 Å². The highest BCUT2D eigenvalue weighted by Gasteiger charge is 2.38.